The lowest BCUT2D eigenvalue weighted by molar-refractivity contribution is -0.146. The summed E-state index contributed by atoms with van der Waals surface area (Å²) in [5.41, 5.74) is 0.0731. The van der Waals surface area contributed by atoms with Crippen LogP contribution in [0, 0.1) is 0 Å². The van der Waals surface area contributed by atoms with Gasteiger partial charge in [0.1, 0.15) is 5.82 Å². The highest BCUT2D eigenvalue weighted by atomic mass is 19.4. The molecule has 0 radical (unpaired) electrons. The van der Waals surface area contributed by atoms with Crippen molar-refractivity contribution in [3.8, 4) is 0 Å². The Kier molecular flexibility index (Phi) is 3.00. The fourth-order valence-electron chi connectivity index (χ4n) is 2.79. The average Bonchev–Trinajstić information content (AvgIpc) is 3.24. The molecule has 1 aliphatic rings. The maximum absolute atomic E-state index is 12.9. The molecule has 7 nitrogen and oxygen atoms in total. The van der Waals surface area contributed by atoms with Crippen LogP contribution in [-0.4, -0.2) is 42.7 Å². The molecule has 4 rings (SSSR count). The van der Waals surface area contributed by atoms with Crippen molar-refractivity contribution in [2.75, 3.05) is 18.0 Å². The molecule has 0 saturated carbocycles. The largest absolute Gasteiger partial charge is 0.453 e. The molecule has 1 atom stereocenters. The Hall–Kier alpha value is -2.65. The van der Waals surface area contributed by atoms with E-state index in [0.717, 1.165) is 10.9 Å². The normalized spacial score (nSPS) is 18.9. The summed E-state index contributed by atoms with van der Waals surface area (Å²) in [5.74, 6) is -0.644. The van der Waals surface area contributed by atoms with Crippen LogP contribution in [0.2, 0.25) is 0 Å². The molecule has 0 spiro atoms. The second kappa shape index (κ2) is 4.93. The summed E-state index contributed by atoms with van der Waals surface area (Å²) in [6.07, 6.45) is -0.143. The number of anilines is 1. The van der Waals surface area contributed by atoms with E-state index in [1.165, 1.54) is 6.07 Å². The van der Waals surface area contributed by atoms with E-state index in [0.29, 0.717) is 18.9 Å². The first-order valence-electron chi connectivity index (χ1n) is 7.06. The number of hydrogen-bond acceptors (Lipinski definition) is 5. The summed E-state index contributed by atoms with van der Waals surface area (Å²) >= 11 is 0. The lowest BCUT2D eigenvalue weighted by Crippen LogP contribution is -2.23. The first-order chi connectivity index (χ1) is 11.0. The molecule has 1 saturated heterocycles. The zero-order valence-electron chi connectivity index (χ0n) is 11.8. The van der Waals surface area contributed by atoms with Crippen LogP contribution in [-0.2, 0) is 6.18 Å². The number of rotatable bonds is 2. The Bertz CT molecular complexity index is 824. The molecular formula is C13H12F3N7. The first-order valence-corrected chi connectivity index (χ1v) is 7.06. The first kappa shape index (κ1) is 14.0. The van der Waals surface area contributed by atoms with Gasteiger partial charge in [-0.3, -0.25) is 4.68 Å². The Morgan fingerprint density at radius 3 is 2.78 bits per heavy atom. The van der Waals surface area contributed by atoms with E-state index in [9.17, 15) is 13.2 Å². The zero-order chi connectivity index (χ0) is 16.0. The Morgan fingerprint density at radius 2 is 2.04 bits per heavy atom. The number of fused-ring (bicyclic) bond motifs is 1. The van der Waals surface area contributed by atoms with Crippen molar-refractivity contribution in [2.24, 2.45) is 0 Å². The third-order valence-electron chi connectivity index (χ3n) is 3.89. The van der Waals surface area contributed by atoms with Gasteiger partial charge in [-0.15, -0.1) is 15.3 Å². The highest BCUT2D eigenvalue weighted by Gasteiger charge is 2.38. The van der Waals surface area contributed by atoms with Gasteiger partial charge in [0.05, 0.1) is 6.04 Å². The molecule has 10 heteroatoms. The van der Waals surface area contributed by atoms with Gasteiger partial charge in [0.15, 0.2) is 5.65 Å². The molecule has 0 bridgehead atoms. The lowest BCUT2D eigenvalue weighted by Gasteiger charge is -2.17. The maximum atomic E-state index is 12.9. The summed E-state index contributed by atoms with van der Waals surface area (Å²) < 4.78 is 41.4. The van der Waals surface area contributed by atoms with Crippen molar-refractivity contribution < 1.29 is 13.2 Å². The summed E-state index contributed by atoms with van der Waals surface area (Å²) in [6.45, 7) is 1.34. The Morgan fingerprint density at radius 1 is 1.17 bits per heavy atom. The molecule has 0 N–H and O–H groups in total. The minimum absolute atomic E-state index is 0.0731. The van der Waals surface area contributed by atoms with Crippen molar-refractivity contribution in [1.82, 2.24) is 29.6 Å². The van der Waals surface area contributed by atoms with Crippen LogP contribution in [0.25, 0.3) is 5.65 Å². The number of aromatic nitrogens is 6. The third kappa shape index (κ3) is 2.39. The zero-order valence-corrected chi connectivity index (χ0v) is 11.8. The van der Waals surface area contributed by atoms with Gasteiger partial charge in [0.2, 0.25) is 0 Å². The van der Waals surface area contributed by atoms with Gasteiger partial charge in [0.25, 0.3) is 5.82 Å². The van der Waals surface area contributed by atoms with E-state index in [2.05, 4.69) is 20.4 Å². The van der Waals surface area contributed by atoms with Gasteiger partial charge >= 0.3 is 6.18 Å². The van der Waals surface area contributed by atoms with E-state index >= 15 is 0 Å². The standard InChI is InChI=1S/C13H12F3N7/c14-13(15,16)12-19-18-10-2-3-11(20-23(10)12)21-7-4-9(8-21)22-6-1-5-17-22/h1-3,5-6,9H,4,7-8H2. The molecule has 4 heterocycles. The predicted molar refractivity (Wildman–Crippen MR) is 73.9 cm³/mol. The van der Waals surface area contributed by atoms with Crippen LogP contribution in [0.5, 0.6) is 0 Å². The van der Waals surface area contributed by atoms with Crippen molar-refractivity contribution >= 4 is 11.5 Å². The molecule has 23 heavy (non-hydrogen) atoms. The monoisotopic (exact) mass is 323 g/mol. The lowest BCUT2D eigenvalue weighted by atomic mass is 10.3. The fraction of sp³-hybridized carbons (Fsp3) is 0.385. The van der Waals surface area contributed by atoms with Crippen LogP contribution in [0.3, 0.4) is 0 Å². The quantitative estimate of drug-likeness (QED) is 0.719. The highest BCUT2D eigenvalue weighted by Crippen LogP contribution is 2.29. The second-order valence-electron chi connectivity index (χ2n) is 5.36. The Balaban J connectivity index is 1.65. The molecule has 3 aromatic heterocycles. The summed E-state index contributed by atoms with van der Waals surface area (Å²) in [7, 11) is 0. The molecular weight excluding hydrogens is 311 g/mol. The number of halogens is 3. The maximum Gasteiger partial charge on any atom is 0.453 e. The third-order valence-corrected chi connectivity index (χ3v) is 3.89. The molecule has 0 aliphatic carbocycles. The smallest absolute Gasteiger partial charge is 0.353 e. The van der Waals surface area contributed by atoms with Gasteiger partial charge in [0, 0.05) is 25.5 Å². The van der Waals surface area contributed by atoms with Crippen molar-refractivity contribution in [3.63, 3.8) is 0 Å². The average molecular weight is 323 g/mol. The SMILES string of the molecule is FC(F)(F)c1nnc2ccc(N3CCC(n4cccn4)C3)nn12. The Labute approximate surface area is 128 Å². The van der Waals surface area contributed by atoms with Crippen molar-refractivity contribution in [2.45, 2.75) is 18.6 Å². The second-order valence-corrected chi connectivity index (χ2v) is 5.36. The van der Waals surface area contributed by atoms with Gasteiger partial charge in [-0.2, -0.15) is 22.8 Å². The van der Waals surface area contributed by atoms with Gasteiger partial charge in [-0.1, -0.05) is 0 Å². The number of hydrogen-bond donors (Lipinski definition) is 0. The van der Waals surface area contributed by atoms with Gasteiger partial charge in [-0.25, -0.2) is 0 Å². The van der Waals surface area contributed by atoms with E-state index < -0.39 is 12.0 Å². The minimum atomic E-state index is -4.59. The van der Waals surface area contributed by atoms with Crippen LogP contribution < -0.4 is 4.90 Å². The van der Waals surface area contributed by atoms with Gasteiger partial charge in [-0.05, 0) is 24.6 Å². The minimum Gasteiger partial charge on any atom is -0.353 e. The van der Waals surface area contributed by atoms with Crippen LogP contribution in [0.4, 0.5) is 19.0 Å². The fourth-order valence-corrected chi connectivity index (χ4v) is 2.79. The molecule has 120 valence electrons. The van der Waals surface area contributed by atoms with E-state index in [1.807, 2.05) is 21.8 Å². The molecule has 1 fully saturated rings. The number of nitrogens with zero attached hydrogens (tertiary/aromatic N) is 7. The van der Waals surface area contributed by atoms with E-state index in [-0.39, 0.29) is 11.7 Å². The highest BCUT2D eigenvalue weighted by molar-refractivity contribution is 5.46. The molecule has 1 aliphatic heterocycles. The van der Waals surface area contributed by atoms with Crippen LogP contribution in [0.15, 0.2) is 30.6 Å². The van der Waals surface area contributed by atoms with Gasteiger partial charge < -0.3 is 4.90 Å². The summed E-state index contributed by atoms with van der Waals surface area (Å²) in [6, 6.07) is 5.19. The molecule has 0 aromatic carbocycles. The predicted octanol–water partition coefficient (Wildman–Crippen LogP) is 1.79. The van der Waals surface area contributed by atoms with E-state index in [1.54, 1.807) is 12.3 Å². The molecule has 0 amide bonds. The van der Waals surface area contributed by atoms with Crippen molar-refractivity contribution in [1.29, 1.82) is 0 Å². The van der Waals surface area contributed by atoms with Crippen molar-refractivity contribution in [3.05, 3.63) is 36.4 Å². The van der Waals surface area contributed by atoms with E-state index in [4.69, 9.17) is 0 Å². The topological polar surface area (TPSA) is 64.1 Å². The summed E-state index contributed by atoms with van der Waals surface area (Å²) in [5, 5.41) is 15.0. The number of alkyl halides is 3. The summed E-state index contributed by atoms with van der Waals surface area (Å²) in [4.78, 5) is 1.94. The molecule has 1 unspecified atom stereocenters. The van der Waals surface area contributed by atoms with Crippen LogP contribution >= 0.6 is 0 Å². The van der Waals surface area contributed by atoms with Crippen LogP contribution in [0.1, 0.15) is 18.3 Å². The molecule has 3 aromatic rings.